The largest absolute Gasteiger partial charge is 0.454 e. The molecule has 1 amide bonds. The van der Waals surface area contributed by atoms with Crippen LogP contribution >= 0.6 is 0 Å². The number of hydrogen-bond donors (Lipinski definition) is 2. The van der Waals surface area contributed by atoms with E-state index in [1.165, 1.54) is 0 Å². The molecule has 1 aromatic rings. The highest BCUT2D eigenvalue weighted by atomic mass is 16.4. The van der Waals surface area contributed by atoms with E-state index in [1.54, 1.807) is 6.07 Å². The molecule has 1 aliphatic heterocycles. The molecule has 3 N–H and O–H groups in total. The van der Waals surface area contributed by atoms with Crippen LogP contribution < -0.4 is 5.73 Å². The van der Waals surface area contributed by atoms with Crippen LogP contribution in [0.1, 0.15) is 49.0 Å². The standard InChI is InChI=1S/C16H27N3O3/c1-3-18(10-11-20)12(2)14-4-5-15(22-14)16(21)19-8-6-13(17)7-9-19/h4-5,12-13,20H,3,6-11,17H2,1-2H3. The van der Waals surface area contributed by atoms with Crippen molar-refractivity contribution in [3.63, 3.8) is 0 Å². The van der Waals surface area contributed by atoms with Gasteiger partial charge in [-0.05, 0) is 38.4 Å². The van der Waals surface area contributed by atoms with Crippen molar-refractivity contribution in [3.8, 4) is 0 Å². The first-order chi connectivity index (χ1) is 10.6. The molecule has 2 heterocycles. The Kier molecular flexibility index (Phi) is 5.99. The molecule has 2 rings (SSSR count). The molecule has 1 aliphatic rings. The molecule has 0 radical (unpaired) electrons. The topological polar surface area (TPSA) is 82.9 Å². The second kappa shape index (κ2) is 7.76. The molecule has 0 aliphatic carbocycles. The summed E-state index contributed by atoms with van der Waals surface area (Å²) in [5.41, 5.74) is 5.87. The van der Waals surface area contributed by atoms with Gasteiger partial charge in [0.1, 0.15) is 5.76 Å². The first-order valence-corrected chi connectivity index (χ1v) is 8.06. The van der Waals surface area contributed by atoms with Crippen LogP contribution in [0.5, 0.6) is 0 Å². The molecule has 1 unspecified atom stereocenters. The van der Waals surface area contributed by atoms with Crippen LogP contribution in [0.4, 0.5) is 0 Å². The Morgan fingerprint density at radius 2 is 2.18 bits per heavy atom. The number of rotatable bonds is 6. The summed E-state index contributed by atoms with van der Waals surface area (Å²) >= 11 is 0. The minimum absolute atomic E-state index is 0.0356. The normalized spacial score (nSPS) is 18.0. The maximum atomic E-state index is 12.4. The Balaban J connectivity index is 2.02. The maximum Gasteiger partial charge on any atom is 0.289 e. The third-order valence-electron chi connectivity index (χ3n) is 4.42. The number of likely N-dealkylation sites (N-methyl/N-ethyl adjacent to an activating group) is 1. The summed E-state index contributed by atoms with van der Waals surface area (Å²) in [6, 6.07) is 3.84. The molecule has 0 bridgehead atoms. The van der Waals surface area contributed by atoms with Gasteiger partial charge in [-0.25, -0.2) is 0 Å². The number of aliphatic hydroxyl groups excluding tert-OH is 1. The van der Waals surface area contributed by atoms with Crippen LogP contribution in [0, 0.1) is 0 Å². The van der Waals surface area contributed by atoms with E-state index in [4.69, 9.17) is 15.3 Å². The van der Waals surface area contributed by atoms with Gasteiger partial charge in [-0.1, -0.05) is 6.92 Å². The Hall–Kier alpha value is -1.37. The van der Waals surface area contributed by atoms with E-state index < -0.39 is 0 Å². The van der Waals surface area contributed by atoms with E-state index >= 15 is 0 Å². The number of carbonyl (C=O) groups is 1. The number of hydrogen-bond acceptors (Lipinski definition) is 5. The van der Waals surface area contributed by atoms with Crippen molar-refractivity contribution in [2.45, 2.75) is 38.8 Å². The lowest BCUT2D eigenvalue weighted by Gasteiger charge is -2.29. The molecule has 1 atom stereocenters. The highest BCUT2D eigenvalue weighted by Crippen LogP contribution is 2.23. The number of piperidine rings is 1. The molecule has 1 fully saturated rings. The second-order valence-electron chi connectivity index (χ2n) is 5.86. The van der Waals surface area contributed by atoms with Gasteiger partial charge in [0.25, 0.3) is 5.91 Å². The zero-order valence-electron chi connectivity index (χ0n) is 13.5. The number of aliphatic hydroxyl groups is 1. The van der Waals surface area contributed by atoms with E-state index in [1.807, 2.05) is 24.8 Å². The van der Waals surface area contributed by atoms with Crippen LogP contribution in [0.2, 0.25) is 0 Å². The van der Waals surface area contributed by atoms with Gasteiger partial charge in [0.15, 0.2) is 5.76 Å². The summed E-state index contributed by atoms with van der Waals surface area (Å²) in [5, 5.41) is 9.11. The van der Waals surface area contributed by atoms with Gasteiger partial charge in [0, 0.05) is 25.7 Å². The summed E-state index contributed by atoms with van der Waals surface area (Å²) in [7, 11) is 0. The van der Waals surface area contributed by atoms with Crippen molar-refractivity contribution in [3.05, 3.63) is 23.7 Å². The van der Waals surface area contributed by atoms with Crippen molar-refractivity contribution in [2.75, 3.05) is 32.8 Å². The Morgan fingerprint density at radius 1 is 1.50 bits per heavy atom. The molecule has 22 heavy (non-hydrogen) atoms. The van der Waals surface area contributed by atoms with Gasteiger partial charge >= 0.3 is 0 Å². The van der Waals surface area contributed by atoms with Crippen molar-refractivity contribution >= 4 is 5.91 Å². The third-order valence-corrected chi connectivity index (χ3v) is 4.42. The predicted octanol–water partition coefficient (Wildman–Crippen LogP) is 1.22. The quantitative estimate of drug-likeness (QED) is 0.825. The lowest BCUT2D eigenvalue weighted by Crippen LogP contribution is -2.42. The summed E-state index contributed by atoms with van der Waals surface area (Å²) in [5.74, 6) is 1.08. The summed E-state index contributed by atoms with van der Waals surface area (Å²) < 4.78 is 5.77. The number of nitrogens with zero attached hydrogens (tertiary/aromatic N) is 2. The average molecular weight is 309 g/mol. The average Bonchev–Trinajstić information content (AvgIpc) is 3.02. The van der Waals surface area contributed by atoms with Gasteiger partial charge in [-0.2, -0.15) is 0 Å². The minimum Gasteiger partial charge on any atom is -0.454 e. The Bertz CT molecular complexity index is 481. The van der Waals surface area contributed by atoms with E-state index in [-0.39, 0.29) is 24.6 Å². The molecular formula is C16H27N3O3. The fourth-order valence-corrected chi connectivity index (χ4v) is 2.88. The van der Waals surface area contributed by atoms with Crippen LogP contribution in [0.25, 0.3) is 0 Å². The first-order valence-electron chi connectivity index (χ1n) is 8.06. The SMILES string of the molecule is CCN(CCO)C(C)c1ccc(C(=O)N2CCC(N)CC2)o1. The van der Waals surface area contributed by atoms with E-state index in [9.17, 15) is 4.79 Å². The minimum atomic E-state index is -0.0597. The number of nitrogens with two attached hydrogens (primary N) is 1. The van der Waals surface area contributed by atoms with Crippen molar-refractivity contribution in [2.24, 2.45) is 5.73 Å². The molecule has 1 aromatic heterocycles. The summed E-state index contributed by atoms with van der Waals surface area (Å²) in [4.78, 5) is 16.4. The Labute approximate surface area is 131 Å². The smallest absolute Gasteiger partial charge is 0.289 e. The van der Waals surface area contributed by atoms with Gasteiger partial charge in [-0.15, -0.1) is 0 Å². The lowest BCUT2D eigenvalue weighted by atomic mass is 10.1. The number of furan rings is 1. The first kappa shape index (κ1) is 17.0. The van der Waals surface area contributed by atoms with E-state index in [2.05, 4.69) is 4.90 Å². The van der Waals surface area contributed by atoms with Gasteiger partial charge in [0.05, 0.1) is 12.6 Å². The van der Waals surface area contributed by atoms with Gasteiger partial charge in [-0.3, -0.25) is 9.69 Å². The Morgan fingerprint density at radius 3 is 2.77 bits per heavy atom. The van der Waals surface area contributed by atoms with E-state index in [0.29, 0.717) is 25.4 Å². The monoisotopic (exact) mass is 309 g/mol. The highest BCUT2D eigenvalue weighted by Gasteiger charge is 2.25. The maximum absolute atomic E-state index is 12.4. The molecule has 6 nitrogen and oxygen atoms in total. The lowest BCUT2D eigenvalue weighted by molar-refractivity contribution is 0.0675. The van der Waals surface area contributed by atoms with Crippen LogP contribution in [0.15, 0.2) is 16.5 Å². The second-order valence-corrected chi connectivity index (χ2v) is 5.86. The fourth-order valence-electron chi connectivity index (χ4n) is 2.88. The molecule has 6 heteroatoms. The highest BCUT2D eigenvalue weighted by molar-refractivity contribution is 5.91. The van der Waals surface area contributed by atoms with Crippen molar-refractivity contribution in [1.82, 2.24) is 9.80 Å². The third kappa shape index (κ3) is 3.88. The molecule has 0 aromatic carbocycles. The summed E-state index contributed by atoms with van der Waals surface area (Å²) in [6.45, 7) is 6.96. The van der Waals surface area contributed by atoms with E-state index in [0.717, 1.165) is 25.1 Å². The molecular weight excluding hydrogens is 282 g/mol. The number of amides is 1. The summed E-state index contributed by atoms with van der Waals surface area (Å²) in [6.07, 6.45) is 1.69. The van der Waals surface area contributed by atoms with Crippen LogP contribution in [-0.2, 0) is 0 Å². The molecule has 1 saturated heterocycles. The van der Waals surface area contributed by atoms with Crippen molar-refractivity contribution in [1.29, 1.82) is 0 Å². The fraction of sp³-hybridized carbons (Fsp3) is 0.688. The predicted molar refractivity (Wildman–Crippen MR) is 84.6 cm³/mol. The van der Waals surface area contributed by atoms with Crippen LogP contribution in [0.3, 0.4) is 0 Å². The molecule has 124 valence electrons. The van der Waals surface area contributed by atoms with Gasteiger partial charge < -0.3 is 20.2 Å². The van der Waals surface area contributed by atoms with Crippen LogP contribution in [-0.4, -0.2) is 59.6 Å². The zero-order valence-corrected chi connectivity index (χ0v) is 13.5. The number of likely N-dealkylation sites (tertiary alicyclic amines) is 1. The number of carbonyl (C=O) groups excluding carboxylic acids is 1. The zero-order chi connectivity index (χ0) is 16.1. The van der Waals surface area contributed by atoms with Gasteiger partial charge in [0.2, 0.25) is 0 Å². The molecule has 0 spiro atoms. The van der Waals surface area contributed by atoms with Crippen molar-refractivity contribution < 1.29 is 14.3 Å². The molecule has 0 saturated carbocycles.